The van der Waals surface area contributed by atoms with Gasteiger partial charge in [-0.05, 0) is 36.4 Å². The van der Waals surface area contributed by atoms with Gasteiger partial charge in [0.2, 0.25) is 0 Å². The Morgan fingerprint density at radius 1 is 0.929 bits per heavy atom. The van der Waals surface area contributed by atoms with Crippen LogP contribution in [0.3, 0.4) is 0 Å². The number of nitrogens with zero attached hydrogens (tertiary/aromatic N) is 2. The molecule has 0 amide bonds. The number of aromatic carboxylic acids is 1. The molecule has 0 aliphatic carbocycles. The predicted molar refractivity (Wildman–Crippen MR) is 98.5 cm³/mol. The summed E-state index contributed by atoms with van der Waals surface area (Å²) in [5.74, 6) is -0.663. The van der Waals surface area contributed by atoms with E-state index in [1.54, 1.807) is 41.0 Å². The molecule has 1 heterocycles. The number of hydrogen-bond donors (Lipinski definition) is 1. The maximum absolute atomic E-state index is 13.1. The summed E-state index contributed by atoms with van der Waals surface area (Å²) in [5, 5.41) is 9.28. The summed E-state index contributed by atoms with van der Waals surface area (Å²) in [7, 11) is 0. The Morgan fingerprint density at radius 2 is 1.68 bits per heavy atom. The van der Waals surface area contributed by atoms with Crippen molar-refractivity contribution in [2.75, 3.05) is 0 Å². The Labute approximate surface area is 157 Å². The van der Waals surface area contributed by atoms with Crippen molar-refractivity contribution in [1.29, 1.82) is 0 Å². The lowest BCUT2D eigenvalue weighted by Crippen LogP contribution is -2.04. The van der Waals surface area contributed by atoms with Crippen molar-refractivity contribution in [3.63, 3.8) is 0 Å². The van der Waals surface area contributed by atoms with Crippen LogP contribution in [0, 0.1) is 0 Å². The molecular formula is C21H13F3N2O2. The van der Waals surface area contributed by atoms with E-state index in [4.69, 9.17) is 0 Å². The second-order valence-corrected chi connectivity index (χ2v) is 6.19. The third-order valence-corrected chi connectivity index (χ3v) is 4.37. The van der Waals surface area contributed by atoms with Crippen LogP contribution < -0.4 is 0 Å². The fraction of sp³-hybridized carbons (Fsp3) is 0.0476. The molecule has 0 bridgehead atoms. The lowest BCUT2D eigenvalue weighted by atomic mass is 10.1. The normalized spacial score (nSPS) is 11.7. The Balaban J connectivity index is 2.02. The number of hydrogen-bond acceptors (Lipinski definition) is 2. The molecule has 0 atom stereocenters. The molecule has 7 heteroatoms. The van der Waals surface area contributed by atoms with Crippen LogP contribution in [0.5, 0.6) is 0 Å². The number of fused-ring (bicyclic) bond motifs is 1. The lowest BCUT2D eigenvalue weighted by molar-refractivity contribution is -0.137. The Bertz CT molecular complexity index is 1180. The number of rotatable bonds is 3. The van der Waals surface area contributed by atoms with E-state index in [1.165, 1.54) is 18.2 Å². The van der Waals surface area contributed by atoms with Crippen molar-refractivity contribution >= 4 is 17.0 Å². The number of carboxylic acid groups (broad SMARTS) is 1. The Hall–Kier alpha value is -3.61. The molecule has 0 radical (unpaired) electrons. The first-order valence-corrected chi connectivity index (χ1v) is 8.33. The van der Waals surface area contributed by atoms with Gasteiger partial charge in [-0.15, -0.1) is 0 Å². The number of benzene rings is 3. The third-order valence-electron chi connectivity index (χ3n) is 4.37. The summed E-state index contributed by atoms with van der Waals surface area (Å²) in [6.07, 6.45) is -4.48. The number of carboxylic acids is 1. The van der Waals surface area contributed by atoms with Crippen LogP contribution in [-0.4, -0.2) is 20.6 Å². The van der Waals surface area contributed by atoms with Crippen LogP contribution in [0.2, 0.25) is 0 Å². The van der Waals surface area contributed by atoms with Crippen LogP contribution in [0.15, 0.2) is 72.8 Å². The molecular weight excluding hydrogens is 369 g/mol. The maximum Gasteiger partial charge on any atom is 0.416 e. The first-order chi connectivity index (χ1) is 13.3. The molecule has 0 unspecified atom stereocenters. The SMILES string of the molecule is O=C(O)c1cccc(-n2c(-c3ccccc3)nc3cc(C(F)(F)F)ccc32)c1. The molecule has 4 nitrogen and oxygen atoms in total. The number of alkyl halides is 3. The summed E-state index contributed by atoms with van der Waals surface area (Å²) in [6.45, 7) is 0. The van der Waals surface area contributed by atoms with Crippen LogP contribution >= 0.6 is 0 Å². The molecule has 28 heavy (non-hydrogen) atoms. The van der Waals surface area contributed by atoms with E-state index in [9.17, 15) is 23.1 Å². The van der Waals surface area contributed by atoms with Gasteiger partial charge >= 0.3 is 12.1 Å². The van der Waals surface area contributed by atoms with Gasteiger partial charge in [0.1, 0.15) is 5.82 Å². The summed E-state index contributed by atoms with van der Waals surface area (Å²) in [4.78, 5) is 15.8. The van der Waals surface area contributed by atoms with Crippen LogP contribution in [0.25, 0.3) is 28.1 Å². The van der Waals surface area contributed by atoms with Crippen LogP contribution in [0.4, 0.5) is 13.2 Å². The molecule has 1 N–H and O–H groups in total. The van der Waals surface area contributed by atoms with Gasteiger partial charge in [-0.3, -0.25) is 4.57 Å². The molecule has 0 aliphatic heterocycles. The summed E-state index contributed by atoms with van der Waals surface area (Å²) >= 11 is 0. The van der Waals surface area contributed by atoms with E-state index in [-0.39, 0.29) is 11.1 Å². The molecule has 1 aromatic heterocycles. The second kappa shape index (κ2) is 6.53. The van der Waals surface area contributed by atoms with Gasteiger partial charge in [0.15, 0.2) is 0 Å². The van der Waals surface area contributed by atoms with Gasteiger partial charge in [-0.25, -0.2) is 9.78 Å². The predicted octanol–water partition coefficient (Wildman–Crippen LogP) is 5.41. The van der Waals surface area contributed by atoms with Crippen LogP contribution in [0.1, 0.15) is 15.9 Å². The quantitative estimate of drug-likeness (QED) is 0.515. The molecule has 0 aliphatic rings. The monoisotopic (exact) mass is 382 g/mol. The minimum atomic E-state index is -4.48. The summed E-state index contributed by atoms with van der Waals surface area (Å²) in [6, 6.07) is 18.6. The molecule has 4 rings (SSSR count). The van der Waals surface area contributed by atoms with E-state index < -0.39 is 17.7 Å². The van der Waals surface area contributed by atoms with E-state index in [0.717, 1.165) is 12.1 Å². The van der Waals surface area contributed by atoms with E-state index in [1.807, 2.05) is 6.07 Å². The highest BCUT2D eigenvalue weighted by Gasteiger charge is 2.31. The molecule has 3 aromatic carbocycles. The zero-order chi connectivity index (χ0) is 19.9. The minimum absolute atomic E-state index is 0.0743. The van der Waals surface area contributed by atoms with E-state index in [0.29, 0.717) is 22.6 Å². The number of imidazole rings is 1. The molecule has 0 fully saturated rings. The second-order valence-electron chi connectivity index (χ2n) is 6.19. The first kappa shape index (κ1) is 17.8. The molecule has 4 aromatic rings. The van der Waals surface area contributed by atoms with Crippen molar-refractivity contribution < 1.29 is 23.1 Å². The average Bonchev–Trinajstić information content (AvgIpc) is 3.07. The topological polar surface area (TPSA) is 55.1 Å². The summed E-state index contributed by atoms with van der Waals surface area (Å²) < 4.78 is 41.0. The van der Waals surface area contributed by atoms with Crippen molar-refractivity contribution in [3.8, 4) is 17.1 Å². The fourth-order valence-electron chi connectivity index (χ4n) is 3.08. The number of halogens is 3. The highest BCUT2D eigenvalue weighted by atomic mass is 19.4. The van der Waals surface area contributed by atoms with Crippen molar-refractivity contribution in [2.24, 2.45) is 0 Å². The average molecular weight is 382 g/mol. The maximum atomic E-state index is 13.1. The third kappa shape index (κ3) is 3.11. The smallest absolute Gasteiger partial charge is 0.416 e. The van der Waals surface area contributed by atoms with Gasteiger partial charge in [0.05, 0.1) is 22.2 Å². The van der Waals surface area contributed by atoms with Gasteiger partial charge in [0.25, 0.3) is 0 Å². The van der Waals surface area contributed by atoms with E-state index in [2.05, 4.69) is 4.98 Å². The zero-order valence-electron chi connectivity index (χ0n) is 14.3. The Kier molecular flexibility index (Phi) is 4.15. The molecule has 0 saturated carbocycles. The van der Waals surface area contributed by atoms with Crippen molar-refractivity contribution in [1.82, 2.24) is 9.55 Å². The van der Waals surface area contributed by atoms with Crippen molar-refractivity contribution in [3.05, 3.63) is 83.9 Å². The standard InChI is InChI=1S/C21H13F3N2O2/c22-21(23,24)15-9-10-18-17(12-15)25-19(13-5-2-1-3-6-13)26(18)16-8-4-7-14(11-16)20(27)28/h1-12H,(H,27,28). The highest BCUT2D eigenvalue weighted by molar-refractivity contribution is 5.89. The Morgan fingerprint density at radius 3 is 2.36 bits per heavy atom. The largest absolute Gasteiger partial charge is 0.478 e. The number of carbonyl (C=O) groups is 1. The van der Waals surface area contributed by atoms with Gasteiger partial charge < -0.3 is 5.11 Å². The van der Waals surface area contributed by atoms with Crippen LogP contribution in [-0.2, 0) is 6.18 Å². The highest BCUT2D eigenvalue weighted by Crippen LogP contribution is 2.34. The first-order valence-electron chi connectivity index (χ1n) is 8.33. The van der Waals surface area contributed by atoms with E-state index >= 15 is 0 Å². The fourth-order valence-corrected chi connectivity index (χ4v) is 3.08. The molecule has 140 valence electrons. The van der Waals surface area contributed by atoms with Gasteiger partial charge in [0, 0.05) is 11.3 Å². The summed E-state index contributed by atoms with van der Waals surface area (Å²) in [5.41, 5.74) is 1.12. The minimum Gasteiger partial charge on any atom is -0.478 e. The van der Waals surface area contributed by atoms with Crippen molar-refractivity contribution in [2.45, 2.75) is 6.18 Å². The number of aromatic nitrogens is 2. The molecule has 0 spiro atoms. The lowest BCUT2D eigenvalue weighted by Gasteiger charge is -2.11. The molecule has 0 saturated heterocycles. The van der Waals surface area contributed by atoms with Gasteiger partial charge in [-0.2, -0.15) is 13.2 Å². The van der Waals surface area contributed by atoms with Gasteiger partial charge in [-0.1, -0.05) is 36.4 Å². The zero-order valence-corrected chi connectivity index (χ0v) is 14.3.